The molecule has 0 spiro atoms. The van der Waals surface area contributed by atoms with Crippen LogP contribution in [-0.2, 0) is 14.4 Å². The molecule has 1 heterocycles. The van der Waals surface area contributed by atoms with Crippen molar-refractivity contribution in [1.82, 2.24) is 4.90 Å². The highest BCUT2D eigenvalue weighted by molar-refractivity contribution is 5.79. The first-order valence-corrected chi connectivity index (χ1v) is 6.06. The van der Waals surface area contributed by atoms with E-state index in [4.69, 9.17) is 9.57 Å². The summed E-state index contributed by atoms with van der Waals surface area (Å²) in [6.45, 7) is 11.0. The van der Waals surface area contributed by atoms with Gasteiger partial charge in [-0.3, -0.25) is 9.69 Å². The van der Waals surface area contributed by atoms with Gasteiger partial charge in [-0.2, -0.15) is 0 Å². The Bertz CT molecular complexity index is 271. The first kappa shape index (κ1) is 14.0. The minimum Gasteiger partial charge on any atom is -0.465 e. The molecule has 1 fully saturated rings. The van der Waals surface area contributed by atoms with Gasteiger partial charge in [-0.05, 0) is 33.6 Å². The van der Waals surface area contributed by atoms with E-state index in [2.05, 4.69) is 16.8 Å². The maximum Gasteiger partial charge on any atom is 0.325 e. The van der Waals surface area contributed by atoms with Crippen molar-refractivity contribution in [2.45, 2.75) is 45.3 Å². The molecule has 0 atom stereocenters. The zero-order chi connectivity index (χ0) is 12.9. The SMILES string of the molecule is C=NOC1CCN(C(C)(C)C(=O)OCC)CC1. The van der Waals surface area contributed by atoms with Crippen molar-refractivity contribution in [3.05, 3.63) is 0 Å². The summed E-state index contributed by atoms with van der Waals surface area (Å²) < 4.78 is 5.09. The molecule has 0 aromatic carbocycles. The van der Waals surface area contributed by atoms with Gasteiger partial charge in [0, 0.05) is 19.8 Å². The van der Waals surface area contributed by atoms with Crippen LogP contribution in [0.5, 0.6) is 0 Å². The van der Waals surface area contributed by atoms with Crippen LogP contribution in [0.3, 0.4) is 0 Å². The molecule has 98 valence electrons. The molecular weight excluding hydrogens is 220 g/mol. The molecule has 0 amide bonds. The maximum absolute atomic E-state index is 11.8. The van der Waals surface area contributed by atoms with E-state index in [1.165, 1.54) is 0 Å². The van der Waals surface area contributed by atoms with Crippen molar-refractivity contribution in [1.29, 1.82) is 0 Å². The predicted octanol–water partition coefficient (Wildman–Crippen LogP) is 1.42. The van der Waals surface area contributed by atoms with E-state index in [0.717, 1.165) is 25.9 Å². The van der Waals surface area contributed by atoms with Gasteiger partial charge in [-0.25, -0.2) is 0 Å². The third-order valence-corrected chi connectivity index (χ3v) is 3.23. The second kappa shape index (κ2) is 6.00. The van der Waals surface area contributed by atoms with E-state index in [9.17, 15) is 4.79 Å². The number of nitrogens with zero attached hydrogens (tertiary/aromatic N) is 2. The molecule has 5 nitrogen and oxygen atoms in total. The molecule has 0 unspecified atom stereocenters. The minimum absolute atomic E-state index is 0.127. The van der Waals surface area contributed by atoms with Crippen LogP contribution in [0.25, 0.3) is 0 Å². The number of ether oxygens (including phenoxy) is 1. The first-order valence-electron chi connectivity index (χ1n) is 6.06. The average molecular weight is 242 g/mol. The Morgan fingerprint density at radius 2 is 2.06 bits per heavy atom. The minimum atomic E-state index is -0.567. The molecule has 0 aromatic heterocycles. The topological polar surface area (TPSA) is 51.1 Å². The zero-order valence-corrected chi connectivity index (χ0v) is 10.9. The van der Waals surface area contributed by atoms with Crippen LogP contribution >= 0.6 is 0 Å². The largest absolute Gasteiger partial charge is 0.465 e. The lowest BCUT2D eigenvalue weighted by Crippen LogP contribution is -2.54. The summed E-state index contributed by atoms with van der Waals surface area (Å²) in [5, 5.41) is 3.45. The fraction of sp³-hybridized carbons (Fsp3) is 0.833. The summed E-state index contributed by atoms with van der Waals surface area (Å²) in [5.41, 5.74) is -0.567. The van der Waals surface area contributed by atoms with Gasteiger partial charge in [0.2, 0.25) is 0 Å². The molecule has 1 rings (SSSR count). The number of esters is 1. The van der Waals surface area contributed by atoms with Crippen LogP contribution in [0.2, 0.25) is 0 Å². The Hall–Kier alpha value is -1.10. The molecule has 0 aromatic rings. The summed E-state index contributed by atoms with van der Waals surface area (Å²) in [7, 11) is 0. The van der Waals surface area contributed by atoms with Crippen molar-refractivity contribution < 1.29 is 14.4 Å². The van der Waals surface area contributed by atoms with E-state index >= 15 is 0 Å². The van der Waals surface area contributed by atoms with Crippen molar-refractivity contribution in [2.75, 3.05) is 19.7 Å². The predicted molar refractivity (Wildman–Crippen MR) is 65.9 cm³/mol. The standard InChI is InChI=1S/C12H22N2O3/c1-5-16-11(15)12(2,3)14-8-6-10(7-9-14)17-13-4/h10H,4-9H2,1-3H3. The van der Waals surface area contributed by atoms with Crippen molar-refractivity contribution in [2.24, 2.45) is 5.16 Å². The van der Waals surface area contributed by atoms with Gasteiger partial charge in [0.25, 0.3) is 0 Å². The van der Waals surface area contributed by atoms with Crippen LogP contribution in [0, 0.1) is 0 Å². The van der Waals surface area contributed by atoms with Crippen LogP contribution < -0.4 is 0 Å². The summed E-state index contributed by atoms with van der Waals surface area (Å²) in [5.74, 6) is -0.166. The van der Waals surface area contributed by atoms with E-state index in [1.807, 2.05) is 20.8 Å². The Kier molecular flexibility index (Phi) is 4.93. The van der Waals surface area contributed by atoms with Gasteiger partial charge in [-0.1, -0.05) is 0 Å². The molecule has 1 saturated heterocycles. The lowest BCUT2D eigenvalue weighted by molar-refractivity contribution is -0.157. The molecule has 0 aliphatic carbocycles. The highest BCUT2D eigenvalue weighted by Gasteiger charge is 2.38. The summed E-state index contributed by atoms with van der Waals surface area (Å²) >= 11 is 0. The Morgan fingerprint density at radius 3 is 2.53 bits per heavy atom. The Morgan fingerprint density at radius 1 is 1.47 bits per heavy atom. The smallest absolute Gasteiger partial charge is 0.325 e. The molecule has 1 aliphatic heterocycles. The maximum atomic E-state index is 11.8. The van der Waals surface area contributed by atoms with Crippen molar-refractivity contribution in [3.8, 4) is 0 Å². The Labute approximate surface area is 103 Å². The van der Waals surface area contributed by atoms with E-state index in [-0.39, 0.29) is 12.1 Å². The van der Waals surface area contributed by atoms with Gasteiger partial charge in [0.1, 0.15) is 11.6 Å². The number of carbonyl (C=O) groups excluding carboxylic acids is 1. The number of rotatable bonds is 5. The summed E-state index contributed by atoms with van der Waals surface area (Å²) in [4.78, 5) is 19.1. The van der Waals surface area contributed by atoms with E-state index < -0.39 is 5.54 Å². The zero-order valence-electron chi connectivity index (χ0n) is 10.9. The van der Waals surface area contributed by atoms with Gasteiger partial charge in [-0.15, -0.1) is 5.16 Å². The number of carbonyl (C=O) groups is 1. The molecule has 1 aliphatic rings. The third-order valence-electron chi connectivity index (χ3n) is 3.23. The number of piperidine rings is 1. The van der Waals surface area contributed by atoms with Crippen molar-refractivity contribution >= 4 is 12.7 Å². The first-order chi connectivity index (χ1) is 8.02. The van der Waals surface area contributed by atoms with Crippen LogP contribution in [0.15, 0.2) is 5.16 Å². The molecular formula is C12H22N2O3. The average Bonchev–Trinajstić information content (AvgIpc) is 2.30. The number of likely N-dealkylation sites (tertiary alicyclic amines) is 1. The van der Waals surface area contributed by atoms with Gasteiger partial charge in [0.05, 0.1) is 6.61 Å². The molecule has 17 heavy (non-hydrogen) atoms. The summed E-state index contributed by atoms with van der Waals surface area (Å²) in [6, 6.07) is 0. The molecule has 5 heteroatoms. The van der Waals surface area contributed by atoms with Crippen molar-refractivity contribution in [3.63, 3.8) is 0 Å². The second-order valence-corrected chi connectivity index (χ2v) is 4.70. The number of hydrogen-bond donors (Lipinski definition) is 0. The number of oxime groups is 1. The van der Waals surface area contributed by atoms with Crippen LogP contribution in [-0.4, -0.2) is 48.9 Å². The lowest BCUT2D eigenvalue weighted by atomic mass is 9.97. The van der Waals surface area contributed by atoms with Gasteiger partial charge >= 0.3 is 5.97 Å². The normalized spacial score (nSPS) is 18.8. The Balaban J connectivity index is 2.51. The summed E-state index contributed by atoms with van der Waals surface area (Å²) in [6.07, 6.45) is 1.85. The molecule has 0 saturated carbocycles. The molecule has 0 radical (unpaired) electrons. The quantitative estimate of drug-likeness (QED) is 0.416. The molecule has 0 N–H and O–H groups in total. The highest BCUT2D eigenvalue weighted by Crippen LogP contribution is 2.23. The number of hydrogen-bond acceptors (Lipinski definition) is 5. The van der Waals surface area contributed by atoms with Crippen LogP contribution in [0.4, 0.5) is 0 Å². The molecule has 0 bridgehead atoms. The fourth-order valence-electron chi connectivity index (χ4n) is 2.06. The van der Waals surface area contributed by atoms with Gasteiger partial charge < -0.3 is 9.57 Å². The van der Waals surface area contributed by atoms with E-state index in [1.54, 1.807) is 0 Å². The third kappa shape index (κ3) is 3.43. The monoisotopic (exact) mass is 242 g/mol. The second-order valence-electron chi connectivity index (χ2n) is 4.70. The lowest BCUT2D eigenvalue weighted by Gasteiger charge is -2.40. The van der Waals surface area contributed by atoms with Gasteiger partial charge in [0.15, 0.2) is 0 Å². The highest BCUT2D eigenvalue weighted by atomic mass is 16.6. The van der Waals surface area contributed by atoms with E-state index in [0.29, 0.717) is 6.61 Å². The van der Waals surface area contributed by atoms with Crippen LogP contribution in [0.1, 0.15) is 33.6 Å². The fourth-order valence-corrected chi connectivity index (χ4v) is 2.06.